The van der Waals surface area contributed by atoms with Gasteiger partial charge in [-0.15, -0.1) is 0 Å². The van der Waals surface area contributed by atoms with Crippen molar-refractivity contribution >= 4 is 29.0 Å². The maximum Gasteiger partial charge on any atom is 0.334 e. The lowest BCUT2D eigenvalue weighted by Crippen LogP contribution is -2.49. The topological polar surface area (TPSA) is 132 Å². The molecule has 0 radical (unpaired) electrons. The fourth-order valence-corrected chi connectivity index (χ4v) is 3.56. The number of amides is 2. The quantitative estimate of drug-likeness (QED) is 0.471. The molecule has 2 aliphatic rings. The molecule has 2 amide bonds. The van der Waals surface area contributed by atoms with Gasteiger partial charge in [-0.05, 0) is 18.2 Å². The highest BCUT2D eigenvalue weighted by Gasteiger charge is 2.38. The van der Waals surface area contributed by atoms with Crippen molar-refractivity contribution in [1.29, 1.82) is 0 Å². The molecular weight excluding hydrogens is 366 g/mol. The van der Waals surface area contributed by atoms with Crippen LogP contribution in [-0.4, -0.2) is 59.0 Å². The zero-order chi connectivity index (χ0) is 19.8. The van der Waals surface area contributed by atoms with Crippen LogP contribution in [-0.2, 0) is 4.74 Å². The molecule has 1 unspecified atom stereocenters. The molecule has 10 heteroatoms. The van der Waals surface area contributed by atoms with E-state index in [0.29, 0.717) is 30.0 Å². The number of morpholine rings is 1. The number of nitrogens with two attached hydrogens (primary N) is 1. The minimum absolute atomic E-state index is 0.0667. The van der Waals surface area contributed by atoms with E-state index in [9.17, 15) is 19.7 Å². The van der Waals surface area contributed by atoms with Crippen molar-refractivity contribution < 1.29 is 19.2 Å². The van der Waals surface area contributed by atoms with Gasteiger partial charge in [0.15, 0.2) is 0 Å². The number of carbonyl (C=O) groups excluding carboxylic acids is 2. The number of carbonyl (C=O) groups is 2. The van der Waals surface area contributed by atoms with Gasteiger partial charge in [0.2, 0.25) is 5.82 Å². The van der Waals surface area contributed by atoms with Gasteiger partial charge in [-0.2, -0.15) is 0 Å². The third kappa shape index (κ3) is 2.93. The third-order valence-corrected chi connectivity index (χ3v) is 4.86. The van der Waals surface area contributed by atoms with E-state index >= 15 is 0 Å². The van der Waals surface area contributed by atoms with E-state index < -0.39 is 11.0 Å². The summed E-state index contributed by atoms with van der Waals surface area (Å²) >= 11 is 0. The smallest absolute Gasteiger partial charge is 0.334 e. The number of nitro groups is 1. The normalized spacial score (nSPS) is 19.1. The Morgan fingerprint density at radius 3 is 2.54 bits per heavy atom. The fraction of sp³-hybridized carbons (Fsp3) is 0.278. The van der Waals surface area contributed by atoms with Gasteiger partial charge in [0, 0.05) is 19.3 Å². The Bertz CT molecular complexity index is 944. The molecule has 2 aliphatic heterocycles. The first-order valence-electron chi connectivity index (χ1n) is 8.68. The molecule has 0 aliphatic carbocycles. The number of ether oxygens (including phenoxy) is 1. The van der Waals surface area contributed by atoms with Crippen LogP contribution in [0.4, 0.5) is 17.2 Å². The van der Waals surface area contributed by atoms with Crippen molar-refractivity contribution in [2.45, 2.75) is 6.10 Å². The van der Waals surface area contributed by atoms with Crippen LogP contribution in [0.3, 0.4) is 0 Å². The molecule has 1 saturated heterocycles. The summed E-state index contributed by atoms with van der Waals surface area (Å²) in [6.45, 7) is 1.06. The molecule has 0 bridgehead atoms. The van der Waals surface area contributed by atoms with E-state index in [1.807, 2.05) is 0 Å². The summed E-state index contributed by atoms with van der Waals surface area (Å²) in [6.07, 6.45) is 0.928. The lowest BCUT2D eigenvalue weighted by molar-refractivity contribution is -0.383. The van der Waals surface area contributed by atoms with Gasteiger partial charge < -0.3 is 15.4 Å². The standard InChI is InChI=1S/C18H17N5O5/c19-16-15(23(26)27)14(5-6-20-16)21-7-8-28-11(9-21)10-22-17(24)12-3-1-2-4-13(12)18(22)25/h1-6,11H,7-10H2,(H2,19,20). The van der Waals surface area contributed by atoms with E-state index in [0.717, 1.165) is 4.90 Å². The average molecular weight is 383 g/mol. The summed E-state index contributed by atoms with van der Waals surface area (Å²) in [4.78, 5) is 42.6. The lowest BCUT2D eigenvalue weighted by atomic mass is 10.1. The molecule has 4 rings (SSSR count). The number of hydrogen-bond donors (Lipinski definition) is 1. The molecule has 0 spiro atoms. The minimum atomic E-state index is -0.563. The number of nitrogen functional groups attached to an aromatic ring is 1. The molecular formula is C18H17N5O5. The number of hydrogen-bond acceptors (Lipinski definition) is 8. The molecule has 1 aromatic heterocycles. The van der Waals surface area contributed by atoms with Crippen LogP contribution in [0.1, 0.15) is 20.7 Å². The Morgan fingerprint density at radius 1 is 1.21 bits per heavy atom. The number of aromatic nitrogens is 1. The van der Waals surface area contributed by atoms with Crippen LogP contribution in [0.2, 0.25) is 0 Å². The first kappa shape index (κ1) is 17.9. The van der Waals surface area contributed by atoms with Gasteiger partial charge in [0.1, 0.15) is 5.69 Å². The number of rotatable bonds is 4. The van der Waals surface area contributed by atoms with Crippen molar-refractivity contribution in [3.8, 4) is 0 Å². The van der Waals surface area contributed by atoms with Gasteiger partial charge in [0.25, 0.3) is 11.8 Å². The van der Waals surface area contributed by atoms with E-state index in [1.54, 1.807) is 29.2 Å². The van der Waals surface area contributed by atoms with E-state index in [1.165, 1.54) is 12.3 Å². The van der Waals surface area contributed by atoms with Gasteiger partial charge in [-0.3, -0.25) is 24.6 Å². The maximum atomic E-state index is 12.5. The highest BCUT2D eigenvalue weighted by Crippen LogP contribution is 2.33. The zero-order valence-electron chi connectivity index (χ0n) is 14.8. The number of pyridine rings is 1. The zero-order valence-corrected chi connectivity index (χ0v) is 14.8. The molecule has 2 N–H and O–H groups in total. The van der Waals surface area contributed by atoms with Crippen molar-refractivity contribution in [2.75, 3.05) is 36.9 Å². The Labute approximate surface area is 159 Å². The summed E-state index contributed by atoms with van der Waals surface area (Å²) in [6, 6.07) is 8.18. The molecule has 1 atom stereocenters. The van der Waals surface area contributed by atoms with Crippen molar-refractivity contribution in [2.24, 2.45) is 0 Å². The Balaban J connectivity index is 1.53. The SMILES string of the molecule is Nc1nccc(N2CCOC(CN3C(=O)c4ccccc4C3=O)C2)c1[N+](=O)[O-]. The molecule has 1 aromatic carbocycles. The van der Waals surface area contributed by atoms with Crippen LogP contribution >= 0.6 is 0 Å². The summed E-state index contributed by atoms with van der Waals surface area (Å²) in [5.41, 5.74) is 6.50. The Kier molecular flexibility index (Phi) is 4.40. The number of benzene rings is 1. The minimum Gasteiger partial charge on any atom is -0.378 e. The summed E-state index contributed by atoms with van der Waals surface area (Å²) in [5.74, 6) is -0.883. The van der Waals surface area contributed by atoms with Crippen LogP contribution in [0.15, 0.2) is 36.5 Å². The average Bonchev–Trinajstić information content (AvgIpc) is 2.93. The molecule has 2 aromatic rings. The first-order valence-corrected chi connectivity index (χ1v) is 8.68. The van der Waals surface area contributed by atoms with Crippen LogP contribution in [0.25, 0.3) is 0 Å². The van der Waals surface area contributed by atoms with E-state index in [2.05, 4.69) is 4.98 Å². The molecule has 3 heterocycles. The Hall–Kier alpha value is -3.53. The fourth-order valence-electron chi connectivity index (χ4n) is 3.56. The van der Waals surface area contributed by atoms with Crippen LogP contribution in [0, 0.1) is 10.1 Å². The highest BCUT2D eigenvalue weighted by molar-refractivity contribution is 6.21. The number of fused-ring (bicyclic) bond motifs is 1. The van der Waals surface area contributed by atoms with Gasteiger partial charge in [-0.25, -0.2) is 4.98 Å². The summed E-state index contributed by atoms with van der Waals surface area (Å²) < 4.78 is 5.71. The molecule has 0 saturated carbocycles. The number of imide groups is 1. The maximum absolute atomic E-state index is 12.5. The third-order valence-electron chi connectivity index (χ3n) is 4.86. The van der Waals surface area contributed by atoms with E-state index in [-0.39, 0.29) is 36.4 Å². The highest BCUT2D eigenvalue weighted by atomic mass is 16.6. The molecule has 10 nitrogen and oxygen atoms in total. The van der Waals surface area contributed by atoms with Crippen molar-refractivity contribution in [3.05, 3.63) is 57.8 Å². The largest absolute Gasteiger partial charge is 0.378 e. The van der Waals surface area contributed by atoms with Crippen LogP contribution < -0.4 is 10.6 Å². The van der Waals surface area contributed by atoms with Crippen molar-refractivity contribution in [1.82, 2.24) is 9.88 Å². The second-order valence-corrected chi connectivity index (χ2v) is 6.53. The molecule has 144 valence electrons. The van der Waals surface area contributed by atoms with E-state index in [4.69, 9.17) is 10.5 Å². The molecule has 1 fully saturated rings. The summed E-state index contributed by atoms with van der Waals surface area (Å²) in [7, 11) is 0. The summed E-state index contributed by atoms with van der Waals surface area (Å²) in [5, 5.41) is 11.4. The predicted molar refractivity (Wildman–Crippen MR) is 99.1 cm³/mol. The second kappa shape index (κ2) is 6.89. The van der Waals surface area contributed by atoms with Crippen molar-refractivity contribution in [3.63, 3.8) is 0 Å². The Morgan fingerprint density at radius 2 is 1.89 bits per heavy atom. The second-order valence-electron chi connectivity index (χ2n) is 6.53. The van der Waals surface area contributed by atoms with Gasteiger partial charge >= 0.3 is 5.69 Å². The molecule has 28 heavy (non-hydrogen) atoms. The first-order chi connectivity index (χ1) is 13.5. The van der Waals surface area contributed by atoms with Crippen LogP contribution in [0.5, 0.6) is 0 Å². The van der Waals surface area contributed by atoms with Gasteiger partial charge in [-0.1, -0.05) is 12.1 Å². The predicted octanol–water partition coefficient (Wildman–Crippen LogP) is 1.07. The number of anilines is 2. The van der Waals surface area contributed by atoms with Gasteiger partial charge in [0.05, 0.1) is 35.3 Å². The lowest BCUT2D eigenvalue weighted by Gasteiger charge is -2.35. The number of nitrogens with zero attached hydrogens (tertiary/aromatic N) is 4. The monoisotopic (exact) mass is 383 g/mol.